The number of aliphatic hydroxyl groups is 1. The molecule has 7 nitrogen and oxygen atoms in total. The van der Waals surface area contributed by atoms with Crippen molar-refractivity contribution in [2.75, 3.05) is 13.1 Å². The van der Waals surface area contributed by atoms with Crippen LogP contribution < -0.4 is 0 Å². The Bertz CT molecular complexity index is 930. The maximum absolute atomic E-state index is 12.7. The molecule has 3 heterocycles. The maximum Gasteiger partial charge on any atom is 0.274 e. The fourth-order valence-corrected chi connectivity index (χ4v) is 3.51. The number of carbonyl (C=O) groups is 1. The monoisotopic (exact) mass is 351 g/mol. The molecule has 4 rings (SSSR count). The minimum Gasteiger partial charge on any atom is -0.385 e. The van der Waals surface area contributed by atoms with E-state index in [0.717, 1.165) is 23.9 Å². The first-order chi connectivity index (χ1) is 12.6. The van der Waals surface area contributed by atoms with Gasteiger partial charge in [0.1, 0.15) is 17.6 Å². The Morgan fingerprint density at radius 3 is 2.62 bits per heavy atom. The largest absolute Gasteiger partial charge is 0.385 e. The lowest BCUT2D eigenvalue weighted by Gasteiger charge is -2.33. The number of amides is 1. The molecular weight excluding hydrogens is 330 g/mol. The van der Waals surface area contributed by atoms with Gasteiger partial charge < -0.3 is 14.6 Å². The molecule has 2 aromatic heterocycles. The molecule has 7 heteroatoms. The highest BCUT2D eigenvalue weighted by molar-refractivity contribution is 5.93. The molecule has 0 spiro atoms. The van der Waals surface area contributed by atoms with Gasteiger partial charge in [-0.15, -0.1) is 0 Å². The zero-order valence-electron chi connectivity index (χ0n) is 14.6. The van der Waals surface area contributed by atoms with Gasteiger partial charge in [-0.2, -0.15) is 0 Å². The number of imidazole rings is 1. The lowest BCUT2D eigenvalue weighted by atomic mass is 9.90. The van der Waals surface area contributed by atoms with Crippen molar-refractivity contribution in [1.29, 1.82) is 0 Å². The number of aromatic nitrogens is 4. The maximum atomic E-state index is 12.7. The van der Waals surface area contributed by atoms with Gasteiger partial charge in [0, 0.05) is 32.5 Å². The fraction of sp³-hybridized carbons (Fsp3) is 0.368. The van der Waals surface area contributed by atoms with Crippen LogP contribution in [0.5, 0.6) is 0 Å². The summed E-state index contributed by atoms with van der Waals surface area (Å²) in [7, 11) is 1.88. The Labute approximate surface area is 151 Å². The van der Waals surface area contributed by atoms with Crippen LogP contribution in [0.1, 0.15) is 35.3 Å². The van der Waals surface area contributed by atoms with Gasteiger partial charge in [-0.25, -0.2) is 9.97 Å². The quantitative estimate of drug-likeness (QED) is 0.780. The van der Waals surface area contributed by atoms with Crippen molar-refractivity contribution in [3.8, 4) is 0 Å². The Morgan fingerprint density at radius 2 is 1.92 bits per heavy atom. The number of benzene rings is 1. The molecule has 1 amide bonds. The van der Waals surface area contributed by atoms with E-state index >= 15 is 0 Å². The minimum absolute atomic E-state index is 0.0998. The van der Waals surface area contributed by atoms with Gasteiger partial charge >= 0.3 is 0 Å². The smallest absolute Gasteiger partial charge is 0.274 e. The van der Waals surface area contributed by atoms with E-state index in [1.165, 1.54) is 0 Å². The number of piperidine rings is 1. The van der Waals surface area contributed by atoms with Crippen LogP contribution in [0.3, 0.4) is 0 Å². The van der Waals surface area contributed by atoms with Crippen LogP contribution in [0, 0.1) is 5.92 Å². The van der Waals surface area contributed by atoms with E-state index < -0.39 is 6.10 Å². The van der Waals surface area contributed by atoms with Crippen molar-refractivity contribution >= 4 is 16.9 Å². The summed E-state index contributed by atoms with van der Waals surface area (Å²) in [5.41, 5.74) is 1.87. The lowest BCUT2D eigenvalue weighted by molar-refractivity contribution is 0.0417. The zero-order chi connectivity index (χ0) is 18.1. The van der Waals surface area contributed by atoms with Gasteiger partial charge in [-0.05, 0) is 30.9 Å². The molecule has 3 aromatic rings. The second-order valence-corrected chi connectivity index (χ2v) is 6.71. The van der Waals surface area contributed by atoms with Crippen molar-refractivity contribution in [2.24, 2.45) is 13.0 Å². The summed E-state index contributed by atoms with van der Waals surface area (Å²) in [6.07, 6.45) is 5.93. The second-order valence-electron chi connectivity index (χ2n) is 6.71. The van der Waals surface area contributed by atoms with Crippen LogP contribution in [0.25, 0.3) is 11.0 Å². The highest BCUT2D eigenvalue weighted by atomic mass is 16.3. The number of hydrogen-bond acceptors (Lipinski definition) is 5. The fourth-order valence-electron chi connectivity index (χ4n) is 3.51. The number of nitrogens with zero attached hydrogens (tertiary/aromatic N) is 5. The summed E-state index contributed by atoms with van der Waals surface area (Å²) < 4.78 is 1.84. The molecule has 0 saturated carbocycles. The molecule has 1 aromatic carbocycles. The molecule has 1 fully saturated rings. The molecule has 26 heavy (non-hydrogen) atoms. The molecule has 0 aliphatic carbocycles. The van der Waals surface area contributed by atoms with Crippen molar-refractivity contribution in [3.63, 3.8) is 0 Å². The van der Waals surface area contributed by atoms with Crippen LogP contribution in [0.2, 0.25) is 0 Å². The number of carbonyl (C=O) groups excluding carboxylic acids is 1. The molecular formula is C19H21N5O2. The molecule has 134 valence electrons. The number of likely N-dealkylation sites (tertiary alicyclic amines) is 1. The summed E-state index contributed by atoms with van der Waals surface area (Å²) >= 11 is 0. The number of aliphatic hydroxyl groups excluding tert-OH is 1. The van der Waals surface area contributed by atoms with Crippen LogP contribution in [-0.4, -0.2) is 48.5 Å². The molecule has 1 aliphatic rings. The van der Waals surface area contributed by atoms with Crippen molar-refractivity contribution in [1.82, 2.24) is 24.4 Å². The first kappa shape index (κ1) is 16.7. The van der Waals surface area contributed by atoms with Gasteiger partial charge in [-0.1, -0.05) is 12.1 Å². The summed E-state index contributed by atoms with van der Waals surface area (Å²) in [6.45, 7) is 1.19. The number of fused-ring (bicyclic) bond motifs is 1. The average Bonchev–Trinajstić information content (AvgIpc) is 3.12. The van der Waals surface area contributed by atoms with Crippen LogP contribution in [0.4, 0.5) is 0 Å². The van der Waals surface area contributed by atoms with Crippen LogP contribution in [-0.2, 0) is 7.05 Å². The van der Waals surface area contributed by atoms with Crippen molar-refractivity contribution in [2.45, 2.75) is 18.9 Å². The lowest BCUT2D eigenvalue weighted by Crippen LogP contribution is -2.40. The number of aryl methyl sites for hydroxylation is 1. The Hall–Kier alpha value is -2.80. The minimum atomic E-state index is -0.604. The second kappa shape index (κ2) is 6.84. The van der Waals surface area contributed by atoms with Crippen LogP contribution in [0.15, 0.2) is 42.9 Å². The van der Waals surface area contributed by atoms with Gasteiger partial charge in [0.25, 0.3) is 5.91 Å². The van der Waals surface area contributed by atoms with Gasteiger partial charge in [0.2, 0.25) is 0 Å². The third-order valence-electron chi connectivity index (χ3n) is 5.06. The standard InChI is InChI=1S/C19H21N5O2/c1-23-11-8-20-18(23)17(25)13-6-9-24(10-7-13)19(26)16-12-21-14-4-2-3-5-15(14)22-16/h2-5,8,11-13,17,25H,6-7,9-10H2,1H3. The Kier molecular flexibility index (Phi) is 4.38. The highest BCUT2D eigenvalue weighted by Crippen LogP contribution is 2.30. The third-order valence-corrected chi connectivity index (χ3v) is 5.06. The van der Waals surface area contributed by atoms with E-state index in [9.17, 15) is 9.90 Å². The van der Waals surface area contributed by atoms with E-state index in [1.807, 2.05) is 42.1 Å². The highest BCUT2D eigenvalue weighted by Gasteiger charge is 2.30. The van der Waals surface area contributed by atoms with E-state index in [2.05, 4.69) is 15.0 Å². The summed E-state index contributed by atoms with van der Waals surface area (Å²) in [5.74, 6) is 0.672. The molecule has 0 bridgehead atoms. The predicted octanol–water partition coefficient (Wildman–Crippen LogP) is 1.95. The number of hydrogen-bond donors (Lipinski definition) is 1. The van der Waals surface area contributed by atoms with Crippen LogP contribution >= 0.6 is 0 Å². The first-order valence-electron chi connectivity index (χ1n) is 8.80. The normalized spacial score (nSPS) is 16.8. The van der Waals surface area contributed by atoms with E-state index in [1.54, 1.807) is 17.3 Å². The van der Waals surface area contributed by atoms with Gasteiger partial charge in [-0.3, -0.25) is 9.78 Å². The Balaban J connectivity index is 1.43. The third kappa shape index (κ3) is 3.06. The number of rotatable bonds is 3. The molecule has 1 N–H and O–H groups in total. The first-order valence-corrected chi connectivity index (χ1v) is 8.80. The summed E-state index contributed by atoms with van der Waals surface area (Å²) in [5, 5.41) is 10.6. The van der Waals surface area contributed by atoms with E-state index in [-0.39, 0.29) is 11.8 Å². The van der Waals surface area contributed by atoms with Crippen molar-refractivity contribution in [3.05, 3.63) is 54.4 Å². The molecule has 1 aliphatic heterocycles. The number of para-hydroxylation sites is 2. The van der Waals surface area contributed by atoms with Gasteiger partial charge in [0.15, 0.2) is 0 Å². The SMILES string of the molecule is Cn1ccnc1C(O)C1CCN(C(=O)c2cnc3ccccc3n2)CC1. The molecule has 0 radical (unpaired) electrons. The molecule has 1 atom stereocenters. The zero-order valence-corrected chi connectivity index (χ0v) is 14.6. The average molecular weight is 351 g/mol. The van der Waals surface area contributed by atoms with Gasteiger partial charge in [0.05, 0.1) is 17.2 Å². The van der Waals surface area contributed by atoms with Crippen molar-refractivity contribution < 1.29 is 9.90 Å². The summed E-state index contributed by atoms with van der Waals surface area (Å²) in [4.78, 5) is 27.5. The predicted molar refractivity (Wildman–Crippen MR) is 96.3 cm³/mol. The Morgan fingerprint density at radius 1 is 1.19 bits per heavy atom. The summed E-state index contributed by atoms with van der Waals surface area (Å²) in [6, 6.07) is 7.52. The van der Waals surface area contributed by atoms with E-state index in [4.69, 9.17) is 0 Å². The molecule has 1 saturated heterocycles. The van der Waals surface area contributed by atoms with E-state index in [0.29, 0.717) is 24.6 Å². The topological polar surface area (TPSA) is 84.1 Å². The molecule has 1 unspecified atom stereocenters.